The van der Waals surface area contributed by atoms with Crippen LogP contribution >= 0.6 is 0 Å². The Hall–Kier alpha value is -3.58. The summed E-state index contributed by atoms with van der Waals surface area (Å²) in [5.74, 6) is -4.69. The number of aliphatic carboxylic acids is 1. The Morgan fingerprint density at radius 1 is 1.00 bits per heavy atom. The van der Waals surface area contributed by atoms with E-state index in [0.717, 1.165) is 31.2 Å². The second kappa shape index (κ2) is 12.3. The number of hydrogen-bond acceptors (Lipinski definition) is 5. The van der Waals surface area contributed by atoms with Gasteiger partial charge in [-0.15, -0.1) is 0 Å². The number of primary amides is 1. The maximum atomic E-state index is 14.3. The highest BCUT2D eigenvalue weighted by atomic mass is 19.4. The smallest absolute Gasteiger partial charge is 0.475 e. The third kappa shape index (κ3) is 7.24. The van der Waals surface area contributed by atoms with Crippen molar-refractivity contribution in [3.8, 4) is 0 Å². The molecule has 2 aromatic rings. The number of hydrogen-bond donors (Lipinski definition) is 3. The molecule has 2 heterocycles. The number of benzene rings is 2. The van der Waals surface area contributed by atoms with Crippen LogP contribution in [0.25, 0.3) is 0 Å². The van der Waals surface area contributed by atoms with Gasteiger partial charge in [-0.25, -0.2) is 13.6 Å². The van der Waals surface area contributed by atoms with E-state index < -0.39 is 41.2 Å². The van der Waals surface area contributed by atoms with Gasteiger partial charge in [0, 0.05) is 36.3 Å². The fourth-order valence-electron chi connectivity index (χ4n) is 5.85. The molecule has 5 rings (SSSR count). The minimum absolute atomic E-state index is 0.152. The summed E-state index contributed by atoms with van der Waals surface area (Å²) >= 11 is 0. The Morgan fingerprint density at radius 3 is 2.05 bits per heavy atom. The van der Waals surface area contributed by atoms with E-state index in [9.17, 15) is 36.6 Å². The predicted octanol–water partition coefficient (Wildman–Crippen LogP) is 3.96. The van der Waals surface area contributed by atoms with Crippen LogP contribution in [0.4, 0.5) is 22.0 Å². The van der Waals surface area contributed by atoms with Crippen molar-refractivity contribution < 1.29 is 46.5 Å². The first-order chi connectivity index (χ1) is 19.7. The van der Waals surface area contributed by atoms with E-state index in [-0.39, 0.29) is 12.1 Å². The van der Waals surface area contributed by atoms with Gasteiger partial charge >= 0.3 is 12.1 Å². The van der Waals surface area contributed by atoms with E-state index in [1.54, 1.807) is 6.07 Å². The minimum atomic E-state index is -5.08. The van der Waals surface area contributed by atoms with Crippen molar-refractivity contribution in [3.05, 3.63) is 70.8 Å². The molecule has 1 saturated carbocycles. The molecule has 2 saturated heterocycles. The van der Waals surface area contributed by atoms with E-state index in [2.05, 4.69) is 4.90 Å². The number of carboxylic acids is 1. The molecule has 3 atom stereocenters. The number of nitrogens with two attached hydrogens (primary N) is 1. The Labute approximate surface area is 238 Å². The van der Waals surface area contributed by atoms with Crippen molar-refractivity contribution in [1.29, 1.82) is 0 Å². The molecule has 2 amide bonds. The van der Waals surface area contributed by atoms with Crippen LogP contribution in [0.5, 0.6) is 0 Å². The van der Waals surface area contributed by atoms with Crippen LogP contribution in [0, 0.1) is 11.6 Å². The number of rotatable bonds is 8. The Morgan fingerprint density at radius 2 is 1.55 bits per heavy atom. The van der Waals surface area contributed by atoms with Gasteiger partial charge in [0.15, 0.2) is 0 Å². The van der Waals surface area contributed by atoms with Crippen molar-refractivity contribution in [1.82, 2.24) is 9.80 Å². The van der Waals surface area contributed by atoms with Gasteiger partial charge in [-0.05, 0) is 74.3 Å². The first kappa shape index (κ1) is 31.4. The van der Waals surface area contributed by atoms with Gasteiger partial charge < -0.3 is 20.8 Å². The molecule has 1 unspecified atom stereocenters. The molecule has 0 radical (unpaired) electrons. The summed E-state index contributed by atoms with van der Waals surface area (Å²) in [6, 6.07) is 11.9. The molecule has 0 aromatic heterocycles. The fourth-order valence-corrected chi connectivity index (χ4v) is 5.85. The highest BCUT2D eigenvalue weighted by Crippen LogP contribution is 2.43. The zero-order chi connectivity index (χ0) is 30.8. The highest BCUT2D eigenvalue weighted by Gasteiger charge is 2.50. The van der Waals surface area contributed by atoms with Crippen molar-refractivity contribution in [2.45, 2.75) is 74.8 Å². The molecule has 0 spiro atoms. The molecule has 42 heavy (non-hydrogen) atoms. The van der Waals surface area contributed by atoms with Gasteiger partial charge in [-0.2, -0.15) is 13.2 Å². The van der Waals surface area contributed by atoms with Crippen LogP contribution in [0.1, 0.15) is 65.9 Å². The van der Waals surface area contributed by atoms with Crippen molar-refractivity contribution >= 4 is 17.8 Å². The van der Waals surface area contributed by atoms with Crippen molar-refractivity contribution in [2.75, 3.05) is 13.1 Å². The molecule has 13 heteroatoms. The van der Waals surface area contributed by atoms with Gasteiger partial charge in [0.25, 0.3) is 5.91 Å². The maximum Gasteiger partial charge on any atom is 0.490 e. The van der Waals surface area contributed by atoms with Crippen LogP contribution in [-0.4, -0.2) is 74.7 Å². The quantitative estimate of drug-likeness (QED) is 0.396. The largest absolute Gasteiger partial charge is 0.490 e. The molecule has 2 aliphatic heterocycles. The second-order valence-corrected chi connectivity index (χ2v) is 11.0. The number of nitrogens with zero attached hydrogens (tertiary/aromatic N) is 2. The lowest BCUT2D eigenvalue weighted by atomic mass is 9.84. The molecule has 1 aliphatic carbocycles. The van der Waals surface area contributed by atoms with Crippen molar-refractivity contribution in [2.24, 2.45) is 5.73 Å². The van der Waals surface area contributed by atoms with Crippen LogP contribution in [0.15, 0.2) is 42.5 Å². The van der Waals surface area contributed by atoms with Crippen LogP contribution < -0.4 is 5.73 Å². The summed E-state index contributed by atoms with van der Waals surface area (Å²) in [5.41, 5.74) is 5.55. The van der Waals surface area contributed by atoms with Gasteiger partial charge in [0.2, 0.25) is 5.91 Å². The number of fused-ring (bicyclic) bond motifs is 2. The third-order valence-electron chi connectivity index (χ3n) is 8.22. The third-order valence-corrected chi connectivity index (χ3v) is 8.22. The Kier molecular flexibility index (Phi) is 9.21. The lowest BCUT2D eigenvalue weighted by molar-refractivity contribution is -0.192. The molecule has 3 fully saturated rings. The summed E-state index contributed by atoms with van der Waals surface area (Å²) in [4.78, 5) is 37.3. The number of piperidine rings is 1. The van der Waals surface area contributed by atoms with Gasteiger partial charge in [-0.3, -0.25) is 14.5 Å². The molecule has 8 nitrogen and oxygen atoms in total. The number of alkyl halides is 3. The first-order valence-electron chi connectivity index (χ1n) is 13.6. The molecule has 4 N–H and O–H groups in total. The first-order valence-corrected chi connectivity index (χ1v) is 13.6. The fraction of sp³-hybridized carbons (Fsp3) is 0.483. The van der Waals surface area contributed by atoms with Gasteiger partial charge in [0.05, 0.1) is 6.54 Å². The number of amides is 2. The molecule has 3 aliphatic rings. The topological polar surface area (TPSA) is 124 Å². The number of carboxylic acid groups (broad SMARTS) is 1. The second-order valence-electron chi connectivity index (χ2n) is 11.0. The molecule has 2 bridgehead atoms. The number of aliphatic hydroxyl groups is 1. The van der Waals surface area contributed by atoms with Crippen LogP contribution in [0.3, 0.4) is 0 Å². The average Bonchev–Trinajstić information content (AvgIpc) is 3.64. The van der Waals surface area contributed by atoms with E-state index in [1.807, 2.05) is 18.2 Å². The Balaban J connectivity index is 0.000000517. The summed E-state index contributed by atoms with van der Waals surface area (Å²) in [7, 11) is 0. The van der Waals surface area contributed by atoms with Gasteiger partial charge in [-0.1, -0.05) is 18.2 Å². The standard InChI is InChI=1S/C27H31F2N3O3.C2HF3O2/c28-23-5-2-6-24(29)22(23)16-31(26(34)27(35)9-10-27)11-12-32-20-7-8-21(32)15-19(14-20)17-3-1-4-18(13-17)25(30)33;3-2(4,5)1(6)7/h1-6,13,19-21,35H,7-12,14-16H2,(H2,30,33);(H,6,7)/t19?,20-,21+;. The van der Waals surface area contributed by atoms with Crippen LogP contribution in [0.2, 0.25) is 0 Å². The normalized spacial score (nSPS) is 22.6. The monoisotopic (exact) mass is 597 g/mol. The van der Waals surface area contributed by atoms with Gasteiger partial charge in [0.1, 0.15) is 17.2 Å². The number of carbonyl (C=O) groups is 3. The summed E-state index contributed by atoms with van der Waals surface area (Å²) in [6.45, 7) is 0.677. The van der Waals surface area contributed by atoms with Crippen molar-refractivity contribution in [3.63, 3.8) is 0 Å². The Bertz CT molecular complexity index is 1300. The number of halogens is 5. The molecule has 2 aromatic carbocycles. The summed E-state index contributed by atoms with van der Waals surface area (Å²) in [5, 5.41) is 17.6. The SMILES string of the molecule is NC(=O)c1cccc(C2C[C@H]3CC[C@@H](C2)N3CCN(Cc2c(F)cccc2F)C(=O)C2(O)CC2)c1.O=C(O)C(F)(F)F. The van der Waals surface area contributed by atoms with E-state index in [0.29, 0.717) is 49.5 Å². The maximum absolute atomic E-state index is 14.3. The zero-order valence-electron chi connectivity index (χ0n) is 22.6. The highest BCUT2D eigenvalue weighted by molar-refractivity contribution is 5.93. The zero-order valence-corrected chi connectivity index (χ0v) is 22.6. The lowest BCUT2D eigenvalue weighted by Gasteiger charge is -2.40. The number of carbonyl (C=O) groups excluding carboxylic acids is 2. The predicted molar refractivity (Wildman–Crippen MR) is 140 cm³/mol. The molecular formula is C29H32F5N3O5. The van der Waals surface area contributed by atoms with E-state index >= 15 is 0 Å². The summed E-state index contributed by atoms with van der Waals surface area (Å²) < 4.78 is 60.4. The van der Waals surface area contributed by atoms with E-state index in [1.165, 1.54) is 23.1 Å². The van der Waals surface area contributed by atoms with E-state index in [4.69, 9.17) is 15.6 Å². The summed E-state index contributed by atoms with van der Waals surface area (Å²) in [6.07, 6.45) is -0.337. The lowest BCUT2D eigenvalue weighted by Crippen LogP contribution is -2.48. The average molecular weight is 598 g/mol. The van der Waals surface area contributed by atoms with Crippen LogP contribution in [-0.2, 0) is 16.1 Å². The minimum Gasteiger partial charge on any atom is -0.475 e. The molecule has 228 valence electrons. The molecular weight excluding hydrogens is 565 g/mol.